The number of hydrogen-bond acceptors (Lipinski definition) is 5. The van der Waals surface area contributed by atoms with Gasteiger partial charge in [-0.05, 0) is 61.6 Å². The van der Waals surface area contributed by atoms with Gasteiger partial charge in [0.25, 0.3) is 0 Å². The van der Waals surface area contributed by atoms with E-state index in [2.05, 4.69) is 21.7 Å². The van der Waals surface area contributed by atoms with Crippen LogP contribution in [0.15, 0.2) is 59.7 Å². The Labute approximate surface area is 174 Å². The first-order chi connectivity index (χ1) is 14.3. The van der Waals surface area contributed by atoms with Crippen LogP contribution in [0.3, 0.4) is 0 Å². The second kappa shape index (κ2) is 9.60. The number of likely N-dealkylation sites (tertiary alicyclic amines) is 1. The molecule has 1 fully saturated rings. The van der Waals surface area contributed by atoms with E-state index in [4.69, 9.17) is 9.47 Å². The van der Waals surface area contributed by atoms with Crippen LogP contribution in [-0.4, -0.2) is 40.2 Å². The van der Waals surface area contributed by atoms with Gasteiger partial charge in [0.2, 0.25) is 0 Å². The van der Waals surface area contributed by atoms with Crippen molar-refractivity contribution in [1.29, 1.82) is 0 Å². The van der Waals surface area contributed by atoms with E-state index < -0.39 is 0 Å². The molecule has 29 heavy (non-hydrogen) atoms. The van der Waals surface area contributed by atoms with Gasteiger partial charge in [-0.1, -0.05) is 0 Å². The summed E-state index contributed by atoms with van der Waals surface area (Å²) in [5.41, 5.74) is 3.67. The van der Waals surface area contributed by atoms with Gasteiger partial charge in [-0.2, -0.15) is 0 Å². The molecular weight excluding hydrogens is 386 g/mol. The molecular formula is C22H25N3O3S. The molecule has 1 amide bonds. The maximum absolute atomic E-state index is 12.2. The average Bonchev–Trinajstić information content (AvgIpc) is 3.47. The van der Waals surface area contributed by atoms with E-state index in [9.17, 15) is 4.79 Å². The summed E-state index contributed by atoms with van der Waals surface area (Å²) in [6.07, 6.45) is 6.79. The van der Waals surface area contributed by atoms with Gasteiger partial charge in [-0.25, -0.2) is 9.78 Å². The fraction of sp³-hybridized carbons (Fsp3) is 0.364. The topological polar surface area (TPSA) is 56.6 Å². The summed E-state index contributed by atoms with van der Waals surface area (Å²) >= 11 is 1.50. The second-order valence-corrected chi connectivity index (χ2v) is 7.90. The number of carbonyl (C=O) groups is 1. The molecule has 3 aromatic rings. The number of ether oxygens (including phenoxy) is 2. The van der Waals surface area contributed by atoms with Crippen LogP contribution < -0.4 is 4.74 Å². The average molecular weight is 412 g/mol. The monoisotopic (exact) mass is 411 g/mol. The number of rotatable bonds is 7. The highest BCUT2D eigenvalue weighted by atomic mass is 32.1. The number of aromatic nitrogens is 2. The van der Waals surface area contributed by atoms with Crippen molar-refractivity contribution >= 4 is 17.4 Å². The molecule has 152 valence electrons. The molecule has 4 rings (SSSR count). The number of amides is 1. The molecule has 0 saturated carbocycles. The molecule has 1 aliphatic rings. The maximum atomic E-state index is 12.2. The Morgan fingerprint density at radius 2 is 1.90 bits per heavy atom. The Morgan fingerprint density at radius 1 is 1.14 bits per heavy atom. The normalized spacial score (nSPS) is 14.7. The molecule has 0 radical (unpaired) electrons. The predicted molar refractivity (Wildman–Crippen MR) is 112 cm³/mol. The lowest BCUT2D eigenvalue weighted by molar-refractivity contribution is 0.0792. The fourth-order valence-corrected chi connectivity index (χ4v) is 4.05. The van der Waals surface area contributed by atoms with Gasteiger partial charge in [0, 0.05) is 36.6 Å². The van der Waals surface area contributed by atoms with E-state index in [0.29, 0.717) is 12.5 Å². The van der Waals surface area contributed by atoms with Gasteiger partial charge >= 0.3 is 6.09 Å². The molecule has 1 saturated heterocycles. The van der Waals surface area contributed by atoms with Crippen LogP contribution in [0.5, 0.6) is 5.75 Å². The van der Waals surface area contributed by atoms with Gasteiger partial charge in [0.05, 0.1) is 17.8 Å². The van der Waals surface area contributed by atoms with Gasteiger partial charge in [0.1, 0.15) is 12.4 Å². The first-order valence-electron chi connectivity index (χ1n) is 9.93. The van der Waals surface area contributed by atoms with Crippen molar-refractivity contribution in [3.63, 3.8) is 0 Å². The van der Waals surface area contributed by atoms with Crippen molar-refractivity contribution < 1.29 is 14.3 Å². The molecule has 2 aromatic heterocycles. The van der Waals surface area contributed by atoms with E-state index in [1.165, 1.54) is 11.3 Å². The van der Waals surface area contributed by atoms with Crippen LogP contribution in [0.25, 0.3) is 5.69 Å². The largest absolute Gasteiger partial charge is 0.494 e. The Kier molecular flexibility index (Phi) is 6.46. The van der Waals surface area contributed by atoms with Crippen LogP contribution in [0.2, 0.25) is 0 Å². The number of hydrogen-bond donors (Lipinski definition) is 0. The number of carbonyl (C=O) groups excluding carboxylic acids is 1. The van der Waals surface area contributed by atoms with E-state index in [1.54, 1.807) is 10.4 Å². The predicted octanol–water partition coefficient (Wildman–Crippen LogP) is 4.75. The lowest BCUT2D eigenvalue weighted by Gasteiger charge is -2.31. The molecule has 6 nitrogen and oxygen atoms in total. The van der Waals surface area contributed by atoms with Crippen molar-refractivity contribution in [1.82, 2.24) is 14.5 Å². The van der Waals surface area contributed by atoms with Crippen LogP contribution >= 0.6 is 11.3 Å². The highest BCUT2D eigenvalue weighted by molar-refractivity contribution is 7.07. The molecule has 0 N–H and O–H groups in total. The number of benzene rings is 1. The number of piperidine rings is 1. The summed E-state index contributed by atoms with van der Waals surface area (Å²) < 4.78 is 13.3. The van der Waals surface area contributed by atoms with Crippen LogP contribution in [0.4, 0.5) is 4.79 Å². The molecule has 0 unspecified atom stereocenters. The van der Waals surface area contributed by atoms with Crippen LogP contribution in [-0.2, 0) is 11.3 Å². The summed E-state index contributed by atoms with van der Waals surface area (Å²) in [6.45, 7) is 2.43. The zero-order valence-electron chi connectivity index (χ0n) is 16.3. The SMILES string of the molecule is O=C(OCc1cscn1)N1CCC(CCOc2ccc(-n3cccc3)cc2)CC1. The molecule has 3 heterocycles. The van der Waals surface area contributed by atoms with Crippen molar-refractivity contribution in [3.8, 4) is 11.4 Å². The lowest BCUT2D eigenvalue weighted by Crippen LogP contribution is -2.39. The van der Waals surface area contributed by atoms with Gasteiger partial charge in [0.15, 0.2) is 0 Å². The first kappa shape index (κ1) is 19.5. The summed E-state index contributed by atoms with van der Waals surface area (Å²) in [7, 11) is 0. The van der Waals surface area contributed by atoms with E-state index >= 15 is 0 Å². The highest BCUT2D eigenvalue weighted by Gasteiger charge is 2.23. The molecule has 1 aliphatic heterocycles. The van der Waals surface area contributed by atoms with Gasteiger partial charge < -0.3 is 18.9 Å². The standard InChI is InChI=1S/C22H25N3O3S/c26-22(28-15-19-16-29-17-23-19)25-12-7-18(8-13-25)9-14-27-21-5-3-20(4-6-21)24-10-1-2-11-24/h1-6,10-11,16-18H,7-9,12-15H2. The summed E-state index contributed by atoms with van der Waals surface area (Å²) in [5, 5.41) is 1.90. The van der Waals surface area contributed by atoms with Gasteiger partial charge in [-0.15, -0.1) is 11.3 Å². The minimum Gasteiger partial charge on any atom is -0.494 e. The lowest BCUT2D eigenvalue weighted by atomic mass is 9.94. The quantitative estimate of drug-likeness (QED) is 0.563. The van der Waals surface area contributed by atoms with Crippen molar-refractivity contribution in [2.45, 2.75) is 25.9 Å². The van der Waals surface area contributed by atoms with Crippen molar-refractivity contribution in [2.24, 2.45) is 5.92 Å². The summed E-state index contributed by atoms with van der Waals surface area (Å²) in [5.74, 6) is 1.47. The smallest absolute Gasteiger partial charge is 0.410 e. The van der Waals surface area contributed by atoms with E-state index in [1.807, 2.05) is 42.0 Å². The van der Waals surface area contributed by atoms with E-state index in [0.717, 1.165) is 49.5 Å². The Bertz CT molecular complexity index is 871. The van der Waals surface area contributed by atoms with Gasteiger partial charge in [-0.3, -0.25) is 0 Å². The molecule has 7 heteroatoms. The second-order valence-electron chi connectivity index (χ2n) is 7.19. The van der Waals surface area contributed by atoms with Crippen molar-refractivity contribution in [3.05, 3.63) is 65.4 Å². The Morgan fingerprint density at radius 3 is 2.59 bits per heavy atom. The molecule has 0 aliphatic carbocycles. The van der Waals surface area contributed by atoms with Crippen LogP contribution in [0.1, 0.15) is 25.0 Å². The summed E-state index contributed by atoms with van der Waals surface area (Å²) in [4.78, 5) is 18.1. The first-order valence-corrected chi connectivity index (χ1v) is 10.9. The third-order valence-electron chi connectivity index (χ3n) is 5.23. The maximum Gasteiger partial charge on any atom is 0.410 e. The summed E-state index contributed by atoms with van der Waals surface area (Å²) in [6, 6.07) is 12.2. The molecule has 0 spiro atoms. The zero-order valence-corrected chi connectivity index (χ0v) is 17.1. The minimum absolute atomic E-state index is 0.240. The molecule has 0 bridgehead atoms. The number of thiazole rings is 1. The Hall–Kier alpha value is -2.80. The fourth-order valence-electron chi connectivity index (χ4n) is 3.50. The third-order valence-corrected chi connectivity index (χ3v) is 5.87. The third kappa shape index (κ3) is 5.38. The Balaban J connectivity index is 1.14. The van der Waals surface area contributed by atoms with Crippen LogP contribution in [0, 0.1) is 5.92 Å². The highest BCUT2D eigenvalue weighted by Crippen LogP contribution is 2.22. The van der Waals surface area contributed by atoms with Crippen molar-refractivity contribution in [2.75, 3.05) is 19.7 Å². The van der Waals surface area contributed by atoms with E-state index in [-0.39, 0.29) is 12.7 Å². The molecule has 0 atom stereocenters. The zero-order chi connectivity index (χ0) is 19.9. The molecule has 1 aromatic carbocycles. The number of nitrogens with zero attached hydrogens (tertiary/aromatic N) is 3. The minimum atomic E-state index is -0.240.